The fourth-order valence-corrected chi connectivity index (χ4v) is 3.31. The van der Waals surface area contributed by atoms with Crippen LogP contribution in [0.1, 0.15) is 39.3 Å². The molecule has 1 aliphatic rings. The Morgan fingerprint density at radius 2 is 1.90 bits per heavy atom. The summed E-state index contributed by atoms with van der Waals surface area (Å²) in [6.07, 6.45) is 2.52. The van der Waals surface area contributed by atoms with E-state index in [9.17, 15) is 14.9 Å². The highest BCUT2D eigenvalue weighted by Gasteiger charge is 2.23. The fourth-order valence-electron chi connectivity index (χ4n) is 3.31. The van der Waals surface area contributed by atoms with Gasteiger partial charge in [-0.05, 0) is 31.4 Å². The smallest absolute Gasteiger partial charge is 0.269 e. The second-order valence-corrected chi connectivity index (χ2v) is 7.62. The maximum atomic E-state index is 11.9. The number of carbonyl (C=O) groups is 1. The molecule has 8 heteroatoms. The van der Waals surface area contributed by atoms with Crippen molar-refractivity contribution in [3.63, 3.8) is 0 Å². The molecule has 1 aromatic heterocycles. The molecule has 1 amide bonds. The van der Waals surface area contributed by atoms with Crippen molar-refractivity contribution >= 4 is 17.4 Å². The van der Waals surface area contributed by atoms with Gasteiger partial charge in [0.2, 0.25) is 5.91 Å². The van der Waals surface area contributed by atoms with Crippen LogP contribution in [0, 0.1) is 16.0 Å². The number of nitrogens with zero attached hydrogens (tertiary/aromatic N) is 4. The first-order chi connectivity index (χ1) is 13.9. The van der Waals surface area contributed by atoms with Gasteiger partial charge in [0, 0.05) is 54.5 Å². The van der Waals surface area contributed by atoms with Crippen LogP contribution in [0.25, 0.3) is 11.4 Å². The average molecular weight is 397 g/mol. The quantitative estimate of drug-likeness (QED) is 0.592. The molecule has 1 fully saturated rings. The van der Waals surface area contributed by atoms with Crippen LogP contribution in [-0.2, 0) is 11.2 Å². The summed E-state index contributed by atoms with van der Waals surface area (Å²) in [5.41, 5.74) is 1.73. The molecular formula is C21H27N5O3. The normalized spacial score (nSPS) is 14.8. The molecule has 2 heterocycles. The zero-order valence-corrected chi connectivity index (χ0v) is 17.1. The summed E-state index contributed by atoms with van der Waals surface area (Å²) in [6.45, 7) is 7.46. The third kappa shape index (κ3) is 5.07. The van der Waals surface area contributed by atoms with Crippen molar-refractivity contribution in [1.29, 1.82) is 0 Å². The van der Waals surface area contributed by atoms with Crippen molar-refractivity contribution in [2.24, 2.45) is 5.92 Å². The monoisotopic (exact) mass is 397 g/mol. The van der Waals surface area contributed by atoms with Gasteiger partial charge in [0.25, 0.3) is 5.69 Å². The topological polar surface area (TPSA) is 101 Å². The molecule has 0 bridgehead atoms. The zero-order valence-electron chi connectivity index (χ0n) is 17.1. The summed E-state index contributed by atoms with van der Waals surface area (Å²) >= 11 is 0. The SMILES string of the molecule is CCc1cc(N2CCC(NC(=O)C(C)C)CC2)nc(-c2ccc([N+](=O)[O-])cc2)n1. The Morgan fingerprint density at radius 1 is 1.24 bits per heavy atom. The minimum absolute atomic E-state index is 0.00809. The molecule has 1 aromatic carbocycles. The Kier molecular flexibility index (Phi) is 6.41. The summed E-state index contributed by atoms with van der Waals surface area (Å²) in [5.74, 6) is 1.52. The third-order valence-electron chi connectivity index (χ3n) is 5.15. The van der Waals surface area contributed by atoms with Gasteiger partial charge in [-0.2, -0.15) is 0 Å². The molecule has 0 radical (unpaired) electrons. The summed E-state index contributed by atoms with van der Waals surface area (Å²) in [5, 5.41) is 14.0. The zero-order chi connectivity index (χ0) is 21.0. The number of hydrogen-bond acceptors (Lipinski definition) is 6. The van der Waals surface area contributed by atoms with Crippen molar-refractivity contribution < 1.29 is 9.72 Å². The molecule has 1 saturated heterocycles. The van der Waals surface area contributed by atoms with Gasteiger partial charge in [0.05, 0.1) is 4.92 Å². The number of aryl methyl sites for hydroxylation is 1. The predicted molar refractivity (Wildman–Crippen MR) is 112 cm³/mol. The van der Waals surface area contributed by atoms with Gasteiger partial charge >= 0.3 is 0 Å². The number of benzene rings is 1. The number of non-ortho nitro benzene ring substituents is 1. The molecule has 2 aromatic rings. The van der Waals surface area contributed by atoms with E-state index >= 15 is 0 Å². The van der Waals surface area contributed by atoms with E-state index in [1.54, 1.807) is 12.1 Å². The van der Waals surface area contributed by atoms with Crippen molar-refractivity contribution in [1.82, 2.24) is 15.3 Å². The number of amides is 1. The number of nitro benzene ring substituents is 1. The van der Waals surface area contributed by atoms with Gasteiger partial charge in [0.15, 0.2) is 5.82 Å². The lowest BCUT2D eigenvalue weighted by Crippen LogP contribution is -2.46. The first kappa shape index (κ1) is 20.7. The molecule has 154 valence electrons. The van der Waals surface area contributed by atoms with Crippen LogP contribution in [0.15, 0.2) is 30.3 Å². The van der Waals surface area contributed by atoms with Gasteiger partial charge < -0.3 is 10.2 Å². The highest BCUT2D eigenvalue weighted by Crippen LogP contribution is 2.25. The van der Waals surface area contributed by atoms with Crippen LogP contribution in [0.5, 0.6) is 0 Å². The van der Waals surface area contributed by atoms with Gasteiger partial charge in [-0.25, -0.2) is 9.97 Å². The Hall–Kier alpha value is -3.03. The lowest BCUT2D eigenvalue weighted by Gasteiger charge is -2.33. The van der Waals surface area contributed by atoms with Gasteiger partial charge in [0.1, 0.15) is 5.82 Å². The van der Waals surface area contributed by atoms with E-state index in [0.717, 1.165) is 49.4 Å². The molecule has 0 spiro atoms. The predicted octanol–water partition coefficient (Wildman–Crippen LogP) is 3.36. The summed E-state index contributed by atoms with van der Waals surface area (Å²) in [7, 11) is 0. The average Bonchev–Trinajstić information content (AvgIpc) is 2.73. The van der Waals surface area contributed by atoms with Gasteiger partial charge in [-0.1, -0.05) is 20.8 Å². The van der Waals surface area contributed by atoms with Crippen LogP contribution >= 0.6 is 0 Å². The number of carbonyl (C=O) groups excluding carboxylic acids is 1. The van der Waals surface area contributed by atoms with E-state index < -0.39 is 4.92 Å². The lowest BCUT2D eigenvalue weighted by atomic mass is 10.0. The summed E-state index contributed by atoms with van der Waals surface area (Å²) in [4.78, 5) is 33.9. The molecule has 0 atom stereocenters. The minimum atomic E-state index is -0.416. The molecule has 0 saturated carbocycles. The molecule has 1 aliphatic heterocycles. The molecule has 8 nitrogen and oxygen atoms in total. The van der Waals surface area contributed by atoms with E-state index in [1.165, 1.54) is 12.1 Å². The Labute approximate surface area is 170 Å². The van der Waals surface area contributed by atoms with Crippen molar-refractivity contribution in [2.75, 3.05) is 18.0 Å². The van der Waals surface area contributed by atoms with E-state index in [4.69, 9.17) is 4.98 Å². The summed E-state index contributed by atoms with van der Waals surface area (Å²) in [6, 6.07) is 8.51. The van der Waals surface area contributed by atoms with Crippen molar-refractivity contribution in [3.8, 4) is 11.4 Å². The number of rotatable bonds is 6. The van der Waals surface area contributed by atoms with Crippen LogP contribution in [0.2, 0.25) is 0 Å². The highest BCUT2D eigenvalue weighted by molar-refractivity contribution is 5.78. The number of nitro groups is 1. The van der Waals surface area contributed by atoms with E-state index in [2.05, 4.69) is 15.2 Å². The van der Waals surface area contributed by atoms with E-state index in [-0.39, 0.29) is 23.6 Å². The van der Waals surface area contributed by atoms with Gasteiger partial charge in [-0.3, -0.25) is 14.9 Å². The van der Waals surface area contributed by atoms with Crippen molar-refractivity contribution in [3.05, 3.63) is 46.1 Å². The van der Waals surface area contributed by atoms with Crippen LogP contribution < -0.4 is 10.2 Å². The van der Waals surface area contributed by atoms with Gasteiger partial charge in [-0.15, -0.1) is 0 Å². The number of anilines is 1. The molecule has 3 rings (SSSR count). The number of piperidine rings is 1. The first-order valence-corrected chi connectivity index (χ1v) is 10.1. The first-order valence-electron chi connectivity index (χ1n) is 10.1. The van der Waals surface area contributed by atoms with Crippen LogP contribution in [0.4, 0.5) is 11.5 Å². The fraction of sp³-hybridized carbons (Fsp3) is 0.476. The molecule has 1 N–H and O–H groups in total. The second-order valence-electron chi connectivity index (χ2n) is 7.62. The summed E-state index contributed by atoms with van der Waals surface area (Å²) < 4.78 is 0. The highest BCUT2D eigenvalue weighted by atomic mass is 16.6. The molecular weight excluding hydrogens is 370 g/mol. The molecule has 0 unspecified atom stereocenters. The van der Waals surface area contributed by atoms with Crippen LogP contribution in [-0.4, -0.2) is 39.9 Å². The van der Waals surface area contributed by atoms with Crippen LogP contribution in [0.3, 0.4) is 0 Å². The Morgan fingerprint density at radius 3 is 2.45 bits per heavy atom. The Balaban J connectivity index is 1.76. The van der Waals surface area contributed by atoms with E-state index in [0.29, 0.717) is 5.82 Å². The number of nitrogens with one attached hydrogen (secondary N) is 1. The standard InChI is InChI=1S/C21H27N5O3/c1-4-16-13-19(25-11-9-17(10-12-25)23-21(27)14(2)3)24-20(22-16)15-5-7-18(8-6-15)26(28)29/h5-8,13-14,17H,4,9-12H2,1-3H3,(H,23,27). The molecule has 29 heavy (non-hydrogen) atoms. The largest absolute Gasteiger partial charge is 0.356 e. The van der Waals surface area contributed by atoms with E-state index in [1.807, 2.05) is 26.8 Å². The number of hydrogen-bond donors (Lipinski definition) is 1. The minimum Gasteiger partial charge on any atom is -0.356 e. The Bertz CT molecular complexity index is 874. The maximum absolute atomic E-state index is 11.9. The lowest BCUT2D eigenvalue weighted by molar-refractivity contribution is -0.384. The molecule has 0 aliphatic carbocycles. The maximum Gasteiger partial charge on any atom is 0.269 e. The second kappa shape index (κ2) is 8.98. The van der Waals surface area contributed by atoms with Crippen molar-refractivity contribution in [2.45, 2.75) is 46.1 Å². The third-order valence-corrected chi connectivity index (χ3v) is 5.15. The number of aromatic nitrogens is 2.